The molecule has 0 aromatic carbocycles. The van der Waals surface area contributed by atoms with Gasteiger partial charge in [0.2, 0.25) is 0 Å². The predicted octanol–water partition coefficient (Wildman–Crippen LogP) is 3.42. The van der Waals surface area contributed by atoms with Crippen LogP contribution in [0.15, 0.2) is 23.0 Å². The van der Waals surface area contributed by atoms with Crippen LogP contribution in [0.2, 0.25) is 0 Å². The molecular formula is C13H16N2O2S2. The first-order chi connectivity index (χ1) is 9.20. The van der Waals surface area contributed by atoms with Gasteiger partial charge in [-0.25, -0.2) is 9.78 Å². The van der Waals surface area contributed by atoms with Gasteiger partial charge in [0.1, 0.15) is 5.00 Å². The van der Waals surface area contributed by atoms with E-state index in [0.717, 1.165) is 11.4 Å². The van der Waals surface area contributed by atoms with Crippen molar-refractivity contribution in [1.82, 2.24) is 4.98 Å². The van der Waals surface area contributed by atoms with Gasteiger partial charge in [-0.05, 0) is 25.3 Å². The minimum atomic E-state index is -0.366. The third kappa shape index (κ3) is 3.78. The summed E-state index contributed by atoms with van der Waals surface area (Å²) in [5.41, 5.74) is 2.04. The number of hydrogen-bond acceptors (Lipinski definition) is 6. The van der Waals surface area contributed by atoms with Gasteiger partial charge in [0.25, 0.3) is 0 Å². The van der Waals surface area contributed by atoms with E-state index in [-0.39, 0.29) is 12.0 Å². The zero-order valence-corrected chi connectivity index (χ0v) is 12.5. The van der Waals surface area contributed by atoms with Gasteiger partial charge < -0.3 is 10.1 Å². The molecule has 0 aliphatic heterocycles. The molecular weight excluding hydrogens is 280 g/mol. The van der Waals surface area contributed by atoms with Crippen LogP contribution >= 0.6 is 22.7 Å². The highest BCUT2D eigenvalue weighted by atomic mass is 32.1. The van der Waals surface area contributed by atoms with Crippen molar-refractivity contribution in [1.29, 1.82) is 0 Å². The number of carbonyl (C=O) groups excluding carboxylic acids is 1. The molecule has 1 atom stereocenters. The standard InChI is InChI=1S/C13H16N2O2S2/c1-3-17-13(16)11-12(19-8-14-11)15-9(2)7-10-5-4-6-18-10/h4-6,8-9,15H,3,7H2,1-2H3. The molecule has 0 saturated heterocycles. The highest BCUT2D eigenvalue weighted by molar-refractivity contribution is 7.14. The van der Waals surface area contributed by atoms with E-state index in [1.54, 1.807) is 23.8 Å². The fourth-order valence-corrected chi connectivity index (χ4v) is 3.31. The van der Waals surface area contributed by atoms with E-state index in [0.29, 0.717) is 12.3 Å². The second kappa shape index (κ2) is 6.68. The molecule has 2 heterocycles. The van der Waals surface area contributed by atoms with E-state index >= 15 is 0 Å². The molecule has 0 aliphatic rings. The summed E-state index contributed by atoms with van der Waals surface area (Å²) in [5, 5.41) is 6.18. The summed E-state index contributed by atoms with van der Waals surface area (Å²) in [6, 6.07) is 4.40. The number of thiophene rings is 1. The van der Waals surface area contributed by atoms with Gasteiger partial charge in [0.15, 0.2) is 5.69 Å². The van der Waals surface area contributed by atoms with Gasteiger partial charge >= 0.3 is 5.97 Å². The second-order valence-corrected chi connectivity index (χ2v) is 5.97. The van der Waals surface area contributed by atoms with Crippen molar-refractivity contribution >= 4 is 33.6 Å². The number of aromatic nitrogens is 1. The first-order valence-electron chi connectivity index (χ1n) is 6.10. The fourth-order valence-electron chi connectivity index (χ4n) is 1.70. The minimum Gasteiger partial charge on any atom is -0.461 e. The van der Waals surface area contributed by atoms with Crippen LogP contribution in [-0.4, -0.2) is 23.6 Å². The SMILES string of the molecule is CCOC(=O)c1ncsc1NC(C)Cc1cccs1. The molecule has 2 rings (SSSR count). The number of rotatable bonds is 6. The summed E-state index contributed by atoms with van der Waals surface area (Å²) >= 11 is 3.16. The molecule has 1 unspecified atom stereocenters. The maximum Gasteiger partial charge on any atom is 0.360 e. The summed E-state index contributed by atoms with van der Waals surface area (Å²) in [6.45, 7) is 4.24. The lowest BCUT2D eigenvalue weighted by Crippen LogP contribution is -2.19. The average molecular weight is 296 g/mol. The summed E-state index contributed by atoms with van der Waals surface area (Å²) in [7, 11) is 0. The van der Waals surface area contributed by atoms with Crippen LogP contribution in [0.25, 0.3) is 0 Å². The quantitative estimate of drug-likeness (QED) is 0.830. The molecule has 0 aliphatic carbocycles. The molecule has 2 aromatic heterocycles. The molecule has 102 valence electrons. The molecule has 0 fully saturated rings. The first-order valence-corrected chi connectivity index (χ1v) is 7.86. The van der Waals surface area contributed by atoms with Crippen molar-refractivity contribution in [2.24, 2.45) is 0 Å². The number of thiazole rings is 1. The summed E-state index contributed by atoms with van der Waals surface area (Å²) < 4.78 is 4.98. The van der Waals surface area contributed by atoms with Gasteiger partial charge in [-0.3, -0.25) is 0 Å². The number of anilines is 1. The molecule has 0 spiro atoms. The van der Waals surface area contributed by atoms with E-state index in [1.807, 2.05) is 6.07 Å². The zero-order valence-electron chi connectivity index (χ0n) is 10.9. The molecule has 0 bridgehead atoms. The van der Waals surface area contributed by atoms with E-state index in [9.17, 15) is 4.79 Å². The third-order valence-corrected chi connectivity index (χ3v) is 4.16. The maximum atomic E-state index is 11.7. The van der Waals surface area contributed by atoms with Crippen molar-refractivity contribution in [2.75, 3.05) is 11.9 Å². The summed E-state index contributed by atoms with van der Waals surface area (Å²) in [4.78, 5) is 17.1. The maximum absolute atomic E-state index is 11.7. The largest absolute Gasteiger partial charge is 0.461 e. The third-order valence-electron chi connectivity index (χ3n) is 2.50. The molecule has 2 aromatic rings. The van der Waals surface area contributed by atoms with Crippen LogP contribution in [0.4, 0.5) is 5.00 Å². The Bertz CT molecular complexity index is 522. The smallest absolute Gasteiger partial charge is 0.360 e. The van der Waals surface area contributed by atoms with E-state index < -0.39 is 0 Å². The molecule has 0 saturated carbocycles. The molecule has 0 radical (unpaired) electrons. The number of hydrogen-bond donors (Lipinski definition) is 1. The highest BCUT2D eigenvalue weighted by Crippen LogP contribution is 2.23. The zero-order chi connectivity index (χ0) is 13.7. The van der Waals surface area contributed by atoms with Crippen molar-refractivity contribution in [3.05, 3.63) is 33.6 Å². The topological polar surface area (TPSA) is 51.2 Å². The lowest BCUT2D eigenvalue weighted by atomic mass is 10.2. The molecule has 0 amide bonds. The van der Waals surface area contributed by atoms with Crippen LogP contribution < -0.4 is 5.32 Å². The van der Waals surface area contributed by atoms with Crippen LogP contribution in [0, 0.1) is 0 Å². The highest BCUT2D eigenvalue weighted by Gasteiger charge is 2.17. The average Bonchev–Trinajstić information content (AvgIpc) is 3.00. The van der Waals surface area contributed by atoms with Crippen molar-refractivity contribution < 1.29 is 9.53 Å². The van der Waals surface area contributed by atoms with Crippen molar-refractivity contribution in [2.45, 2.75) is 26.3 Å². The Morgan fingerprint density at radius 2 is 2.37 bits per heavy atom. The van der Waals surface area contributed by atoms with Gasteiger partial charge in [-0.15, -0.1) is 22.7 Å². The number of nitrogens with zero attached hydrogens (tertiary/aromatic N) is 1. The molecule has 1 N–H and O–H groups in total. The van der Waals surface area contributed by atoms with E-state index in [1.165, 1.54) is 16.2 Å². The Kier molecular flexibility index (Phi) is 4.93. The number of carbonyl (C=O) groups is 1. The van der Waals surface area contributed by atoms with E-state index in [2.05, 4.69) is 28.7 Å². The minimum absolute atomic E-state index is 0.243. The Morgan fingerprint density at radius 1 is 1.53 bits per heavy atom. The Labute approximate surface area is 120 Å². The Hall–Kier alpha value is -1.40. The summed E-state index contributed by atoms with van der Waals surface area (Å²) in [5.74, 6) is -0.366. The molecule has 19 heavy (non-hydrogen) atoms. The Balaban J connectivity index is 1.99. The van der Waals surface area contributed by atoms with Crippen molar-refractivity contribution in [3.63, 3.8) is 0 Å². The molecule has 4 nitrogen and oxygen atoms in total. The number of nitrogens with one attached hydrogen (secondary N) is 1. The van der Waals surface area contributed by atoms with Gasteiger partial charge in [0.05, 0.1) is 12.1 Å². The van der Waals surface area contributed by atoms with Crippen LogP contribution in [0.1, 0.15) is 29.2 Å². The van der Waals surface area contributed by atoms with Gasteiger partial charge in [0, 0.05) is 17.3 Å². The van der Waals surface area contributed by atoms with Gasteiger partial charge in [-0.1, -0.05) is 6.07 Å². The van der Waals surface area contributed by atoms with Crippen molar-refractivity contribution in [3.8, 4) is 0 Å². The number of ether oxygens (including phenoxy) is 1. The fraction of sp³-hybridized carbons (Fsp3) is 0.385. The first kappa shape index (κ1) is 14.0. The Morgan fingerprint density at radius 3 is 3.05 bits per heavy atom. The lowest BCUT2D eigenvalue weighted by molar-refractivity contribution is 0.0521. The van der Waals surface area contributed by atoms with Crippen LogP contribution in [0.3, 0.4) is 0 Å². The summed E-state index contributed by atoms with van der Waals surface area (Å²) in [6.07, 6.45) is 0.928. The monoisotopic (exact) mass is 296 g/mol. The predicted molar refractivity (Wildman–Crippen MR) is 79.2 cm³/mol. The number of esters is 1. The van der Waals surface area contributed by atoms with Crippen LogP contribution in [-0.2, 0) is 11.2 Å². The second-order valence-electron chi connectivity index (χ2n) is 4.08. The van der Waals surface area contributed by atoms with Gasteiger partial charge in [-0.2, -0.15) is 0 Å². The lowest BCUT2D eigenvalue weighted by Gasteiger charge is -2.13. The van der Waals surface area contributed by atoms with Crippen LogP contribution in [0.5, 0.6) is 0 Å². The normalized spacial score (nSPS) is 12.1. The van der Waals surface area contributed by atoms with E-state index in [4.69, 9.17) is 4.74 Å². The molecule has 6 heteroatoms.